The van der Waals surface area contributed by atoms with E-state index in [0.717, 1.165) is 0 Å². The molecule has 0 atom stereocenters. The minimum atomic E-state index is -0.540. The molecular weight excluding hydrogens is 272 g/mol. The predicted octanol–water partition coefficient (Wildman–Crippen LogP) is 1.29. The molecule has 2 rings (SSSR count). The van der Waals surface area contributed by atoms with Gasteiger partial charge in [-0.1, -0.05) is 0 Å². The van der Waals surface area contributed by atoms with E-state index in [1.165, 1.54) is 19.4 Å². The molecule has 21 heavy (non-hydrogen) atoms. The average molecular weight is 286 g/mol. The Kier molecular flexibility index (Phi) is 4.03. The Bertz CT molecular complexity index is 683. The molecular formula is C14H14N4O3. The third kappa shape index (κ3) is 3.27. The van der Waals surface area contributed by atoms with E-state index in [1.54, 1.807) is 24.3 Å². The van der Waals surface area contributed by atoms with Crippen molar-refractivity contribution in [3.63, 3.8) is 0 Å². The van der Waals surface area contributed by atoms with Crippen LogP contribution in [0, 0.1) is 0 Å². The van der Waals surface area contributed by atoms with E-state index in [9.17, 15) is 9.59 Å². The van der Waals surface area contributed by atoms with Crippen molar-refractivity contribution in [2.45, 2.75) is 0 Å². The van der Waals surface area contributed by atoms with Gasteiger partial charge in [0.2, 0.25) is 5.91 Å². The fraction of sp³-hybridized carbons (Fsp3) is 0.0714. The van der Waals surface area contributed by atoms with Crippen molar-refractivity contribution >= 4 is 29.1 Å². The van der Waals surface area contributed by atoms with Crippen molar-refractivity contribution in [3.8, 4) is 0 Å². The van der Waals surface area contributed by atoms with Crippen LogP contribution in [0.4, 0.5) is 17.2 Å². The van der Waals surface area contributed by atoms with Crippen molar-refractivity contribution < 1.29 is 14.3 Å². The van der Waals surface area contributed by atoms with Gasteiger partial charge in [0.15, 0.2) is 0 Å². The highest BCUT2D eigenvalue weighted by molar-refractivity contribution is 5.96. The number of hydrogen-bond donors (Lipinski definition) is 3. The van der Waals surface area contributed by atoms with E-state index < -0.39 is 11.9 Å². The van der Waals surface area contributed by atoms with Crippen molar-refractivity contribution in [2.24, 2.45) is 5.73 Å². The first kappa shape index (κ1) is 14.3. The number of anilines is 3. The standard InChI is InChI=1S/C14H14N4O3/c1-21-14(20)10-6-12(17-7-11(10)15)18-9-4-2-8(3-5-9)13(16)19/h2-7H,15H2,1H3,(H2,16,19)(H,17,18). The Morgan fingerprint density at radius 2 is 1.90 bits per heavy atom. The van der Waals surface area contributed by atoms with Gasteiger partial charge < -0.3 is 21.5 Å². The molecule has 0 fully saturated rings. The van der Waals surface area contributed by atoms with E-state index >= 15 is 0 Å². The fourth-order valence-electron chi connectivity index (χ4n) is 1.69. The van der Waals surface area contributed by atoms with Gasteiger partial charge in [-0.25, -0.2) is 9.78 Å². The number of nitrogens with one attached hydrogen (secondary N) is 1. The lowest BCUT2D eigenvalue weighted by Gasteiger charge is -2.09. The fourth-order valence-corrected chi connectivity index (χ4v) is 1.69. The van der Waals surface area contributed by atoms with E-state index in [-0.39, 0.29) is 11.3 Å². The summed E-state index contributed by atoms with van der Waals surface area (Å²) in [6.07, 6.45) is 1.37. The molecule has 0 aliphatic heterocycles. The first-order valence-electron chi connectivity index (χ1n) is 6.02. The maximum absolute atomic E-state index is 11.5. The second kappa shape index (κ2) is 5.91. The summed E-state index contributed by atoms with van der Waals surface area (Å²) in [5, 5.41) is 2.99. The van der Waals surface area contributed by atoms with Gasteiger partial charge >= 0.3 is 5.97 Å². The normalized spacial score (nSPS) is 9.95. The summed E-state index contributed by atoms with van der Waals surface area (Å²) in [6, 6.07) is 8.02. The minimum Gasteiger partial charge on any atom is -0.465 e. The van der Waals surface area contributed by atoms with Crippen LogP contribution in [0.2, 0.25) is 0 Å². The molecule has 7 nitrogen and oxygen atoms in total. The lowest BCUT2D eigenvalue weighted by molar-refractivity contribution is 0.0601. The van der Waals surface area contributed by atoms with Gasteiger partial charge in [-0.15, -0.1) is 0 Å². The summed E-state index contributed by atoms with van der Waals surface area (Å²) < 4.78 is 4.64. The van der Waals surface area contributed by atoms with E-state index in [4.69, 9.17) is 11.5 Å². The zero-order valence-electron chi connectivity index (χ0n) is 11.3. The Balaban J connectivity index is 2.23. The number of ether oxygens (including phenoxy) is 1. The lowest BCUT2D eigenvalue weighted by atomic mass is 10.2. The van der Waals surface area contributed by atoms with Crippen LogP contribution in [0.5, 0.6) is 0 Å². The maximum atomic E-state index is 11.5. The zero-order chi connectivity index (χ0) is 15.4. The molecule has 1 aromatic carbocycles. The average Bonchev–Trinajstić information content (AvgIpc) is 2.49. The summed E-state index contributed by atoms with van der Waals surface area (Å²) in [5.41, 5.74) is 12.4. The number of primary amides is 1. The van der Waals surface area contributed by atoms with Crippen LogP contribution in [0.25, 0.3) is 0 Å². The largest absolute Gasteiger partial charge is 0.465 e. The molecule has 0 aliphatic rings. The van der Waals surface area contributed by atoms with Gasteiger partial charge in [0.1, 0.15) is 5.82 Å². The zero-order valence-corrected chi connectivity index (χ0v) is 11.3. The topological polar surface area (TPSA) is 120 Å². The smallest absolute Gasteiger partial charge is 0.340 e. The molecule has 1 aromatic heterocycles. The number of benzene rings is 1. The minimum absolute atomic E-state index is 0.226. The number of nitrogens with two attached hydrogens (primary N) is 2. The summed E-state index contributed by atoms with van der Waals surface area (Å²) in [6.45, 7) is 0. The molecule has 0 saturated heterocycles. The van der Waals surface area contributed by atoms with Gasteiger partial charge in [0, 0.05) is 11.3 Å². The second-order valence-electron chi connectivity index (χ2n) is 4.21. The summed E-state index contributed by atoms with van der Waals surface area (Å²) in [5.74, 6) is -0.612. The molecule has 2 aromatic rings. The van der Waals surface area contributed by atoms with Gasteiger partial charge in [-0.3, -0.25) is 4.79 Å². The van der Waals surface area contributed by atoms with Gasteiger partial charge in [-0.05, 0) is 30.3 Å². The second-order valence-corrected chi connectivity index (χ2v) is 4.21. The Morgan fingerprint density at radius 1 is 1.24 bits per heavy atom. The van der Waals surface area contributed by atoms with Gasteiger partial charge in [0.05, 0.1) is 24.6 Å². The molecule has 1 amide bonds. The molecule has 0 unspecified atom stereocenters. The molecule has 0 radical (unpaired) electrons. The van der Waals surface area contributed by atoms with Crippen molar-refractivity contribution in [2.75, 3.05) is 18.2 Å². The van der Waals surface area contributed by atoms with Crippen LogP contribution >= 0.6 is 0 Å². The number of aromatic nitrogens is 1. The summed E-state index contributed by atoms with van der Waals surface area (Å²) >= 11 is 0. The number of nitrogen functional groups attached to an aromatic ring is 1. The quantitative estimate of drug-likeness (QED) is 0.728. The number of esters is 1. The highest BCUT2D eigenvalue weighted by Gasteiger charge is 2.11. The molecule has 0 aliphatic carbocycles. The van der Waals surface area contributed by atoms with Crippen LogP contribution in [-0.2, 0) is 4.74 Å². The van der Waals surface area contributed by atoms with Crippen LogP contribution in [0.3, 0.4) is 0 Å². The number of carbonyl (C=O) groups is 2. The summed E-state index contributed by atoms with van der Waals surface area (Å²) in [4.78, 5) is 26.6. The molecule has 1 heterocycles. The monoisotopic (exact) mass is 286 g/mol. The third-order valence-corrected chi connectivity index (χ3v) is 2.78. The molecule has 5 N–H and O–H groups in total. The van der Waals surface area contributed by atoms with Gasteiger partial charge in [-0.2, -0.15) is 0 Å². The highest BCUT2D eigenvalue weighted by Crippen LogP contribution is 2.20. The van der Waals surface area contributed by atoms with Gasteiger partial charge in [0.25, 0.3) is 0 Å². The van der Waals surface area contributed by atoms with Crippen molar-refractivity contribution in [1.29, 1.82) is 0 Å². The predicted molar refractivity (Wildman–Crippen MR) is 78.2 cm³/mol. The van der Waals surface area contributed by atoms with E-state index in [2.05, 4.69) is 15.0 Å². The number of amides is 1. The Hall–Kier alpha value is -3.09. The maximum Gasteiger partial charge on any atom is 0.340 e. The Labute approximate surface area is 120 Å². The molecule has 7 heteroatoms. The third-order valence-electron chi connectivity index (χ3n) is 2.78. The molecule has 0 spiro atoms. The van der Waals surface area contributed by atoms with Crippen LogP contribution < -0.4 is 16.8 Å². The first-order chi connectivity index (χ1) is 10.0. The van der Waals surface area contributed by atoms with Crippen LogP contribution in [0.15, 0.2) is 36.5 Å². The Morgan fingerprint density at radius 3 is 2.48 bits per heavy atom. The number of pyridine rings is 1. The van der Waals surface area contributed by atoms with Crippen molar-refractivity contribution in [3.05, 3.63) is 47.7 Å². The van der Waals surface area contributed by atoms with Crippen molar-refractivity contribution in [1.82, 2.24) is 4.98 Å². The lowest BCUT2D eigenvalue weighted by Crippen LogP contribution is -2.10. The number of carbonyl (C=O) groups excluding carboxylic acids is 2. The number of methoxy groups -OCH3 is 1. The van der Waals surface area contributed by atoms with Crippen LogP contribution in [0.1, 0.15) is 20.7 Å². The number of hydrogen-bond acceptors (Lipinski definition) is 6. The summed E-state index contributed by atoms with van der Waals surface area (Å²) in [7, 11) is 1.28. The highest BCUT2D eigenvalue weighted by atomic mass is 16.5. The number of rotatable bonds is 4. The molecule has 0 saturated carbocycles. The van der Waals surface area contributed by atoms with Crippen LogP contribution in [-0.4, -0.2) is 24.0 Å². The SMILES string of the molecule is COC(=O)c1cc(Nc2ccc(C(N)=O)cc2)ncc1N. The molecule has 0 bridgehead atoms. The number of nitrogens with zero attached hydrogens (tertiary/aromatic N) is 1. The van der Waals surface area contributed by atoms with E-state index in [0.29, 0.717) is 17.1 Å². The molecule has 108 valence electrons. The first-order valence-corrected chi connectivity index (χ1v) is 6.02. The van der Waals surface area contributed by atoms with E-state index in [1.807, 2.05) is 0 Å².